The molecule has 0 amide bonds. The highest BCUT2D eigenvalue weighted by Gasteiger charge is 1.96. The van der Waals surface area contributed by atoms with Crippen LogP contribution in [0, 0.1) is 0 Å². The number of nitrogens with zero attached hydrogens (tertiary/aromatic N) is 1. The average molecular weight is 329 g/mol. The molecule has 0 heterocycles. The first-order chi connectivity index (χ1) is 10.7. The first kappa shape index (κ1) is 16.7. The van der Waals surface area contributed by atoms with Crippen molar-refractivity contribution in [3.05, 3.63) is 65.1 Å². The topological polar surface area (TPSA) is 21.6 Å². The zero-order chi connectivity index (χ0) is 15.8. The Morgan fingerprint density at radius 1 is 1.09 bits per heavy atom. The van der Waals surface area contributed by atoms with Crippen LogP contribution in [-0.2, 0) is 0 Å². The lowest BCUT2D eigenvalue weighted by Gasteiger charge is -2.04. The molecule has 0 saturated carbocycles. The van der Waals surface area contributed by atoms with Gasteiger partial charge in [0.1, 0.15) is 5.75 Å². The lowest BCUT2D eigenvalue weighted by atomic mass is 10.2. The Kier molecular flexibility index (Phi) is 6.62. The Labute approximate surface area is 142 Å². The lowest BCUT2D eigenvalue weighted by molar-refractivity contribution is 0.317. The molecule has 2 aromatic carbocycles. The molecule has 22 heavy (non-hydrogen) atoms. The second-order valence-electron chi connectivity index (χ2n) is 4.74. The maximum absolute atomic E-state index is 5.56. The van der Waals surface area contributed by atoms with E-state index in [9.17, 15) is 0 Å². The summed E-state index contributed by atoms with van der Waals surface area (Å²) in [5.74, 6) is 0.892. The number of benzene rings is 2. The Balaban J connectivity index is 2.02. The van der Waals surface area contributed by atoms with Crippen molar-refractivity contribution in [3.8, 4) is 5.75 Å². The number of hydrogen-bond donors (Lipinski definition) is 2. The van der Waals surface area contributed by atoms with Crippen LogP contribution in [0.15, 0.2) is 58.9 Å². The van der Waals surface area contributed by atoms with Gasteiger partial charge in [-0.1, -0.05) is 19.1 Å². The summed E-state index contributed by atoms with van der Waals surface area (Å²) in [6, 6.07) is 15.8. The van der Waals surface area contributed by atoms with Gasteiger partial charge < -0.3 is 4.74 Å². The third-order valence-electron chi connectivity index (χ3n) is 3.00. The molecular formula is C18H19NOS2. The Morgan fingerprint density at radius 2 is 1.77 bits per heavy atom. The van der Waals surface area contributed by atoms with Gasteiger partial charge in [0, 0.05) is 11.1 Å². The molecule has 4 heteroatoms. The minimum Gasteiger partial charge on any atom is -0.494 e. The summed E-state index contributed by atoms with van der Waals surface area (Å²) in [7, 11) is 0. The number of aliphatic imine (C=N–C) groups is 1. The minimum absolute atomic E-state index is 0.744. The van der Waals surface area contributed by atoms with E-state index in [-0.39, 0.29) is 0 Å². The number of rotatable bonds is 6. The van der Waals surface area contributed by atoms with Crippen LogP contribution in [0.2, 0.25) is 0 Å². The van der Waals surface area contributed by atoms with E-state index in [1.165, 1.54) is 0 Å². The van der Waals surface area contributed by atoms with Gasteiger partial charge in [0.2, 0.25) is 0 Å². The lowest BCUT2D eigenvalue weighted by Crippen LogP contribution is -1.94. The quantitative estimate of drug-likeness (QED) is 0.538. The summed E-state index contributed by atoms with van der Waals surface area (Å²) >= 11 is 8.42. The molecule has 0 radical (unpaired) electrons. The first-order valence-corrected chi connectivity index (χ1v) is 8.10. The predicted octanol–water partition coefficient (Wildman–Crippen LogP) is 5.38. The predicted molar refractivity (Wildman–Crippen MR) is 102 cm³/mol. The normalized spacial score (nSPS) is 11.9. The molecule has 0 aliphatic carbocycles. The summed E-state index contributed by atoms with van der Waals surface area (Å²) in [4.78, 5) is 5.30. The summed E-state index contributed by atoms with van der Waals surface area (Å²) < 4.78 is 5.56. The van der Waals surface area contributed by atoms with E-state index in [4.69, 9.17) is 4.74 Å². The van der Waals surface area contributed by atoms with Crippen LogP contribution in [0.25, 0.3) is 4.91 Å². The van der Waals surface area contributed by atoms with Crippen LogP contribution in [0.3, 0.4) is 0 Å². The SMILES string of the molecule is CCCOc1ccc(C=Nc2ccc(/C(S)=C/S)cc2)cc1. The molecule has 0 aromatic heterocycles. The van der Waals surface area contributed by atoms with Crippen molar-refractivity contribution in [1.82, 2.24) is 0 Å². The number of ether oxygens (including phenoxy) is 1. The van der Waals surface area contributed by atoms with Crippen LogP contribution < -0.4 is 4.74 Å². The first-order valence-electron chi connectivity index (χ1n) is 7.13. The van der Waals surface area contributed by atoms with Gasteiger partial charge in [-0.05, 0) is 59.4 Å². The summed E-state index contributed by atoms with van der Waals surface area (Å²) in [5, 5.41) is 1.67. The maximum atomic E-state index is 5.56. The van der Waals surface area contributed by atoms with E-state index < -0.39 is 0 Å². The van der Waals surface area contributed by atoms with E-state index in [1.807, 2.05) is 54.7 Å². The highest BCUT2D eigenvalue weighted by Crippen LogP contribution is 2.22. The molecular weight excluding hydrogens is 310 g/mol. The van der Waals surface area contributed by atoms with Crippen LogP contribution >= 0.6 is 25.3 Å². The van der Waals surface area contributed by atoms with E-state index in [0.717, 1.165) is 40.5 Å². The Hall–Kier alpha value is -1.65. The Bertz CT molecular complexity index is 646. The molecule has 2 rings (SSSR count). The van der Waals surface area contributed by atoms with Crippen LogP contribution in [-0.4, -0.2) is 12.8 Å². The van der Waals surface area contributed by atoms with Gasteiger partial charge in [0.05, 0.1) is 12.3 Å². The molecule has 0 spiro atoms. The molecule has 114 valence electrons. The third kappa shape index (κ3) is 4.97. The van der Waals surface area contributed by atoms with Crippen LogP contribution in [0.1, 0.15) is 24.5 Å². The third-order valence-corrected chi connectivity index (χ3v) is 3.85. The fourth-order valence-electron chi connectivity index (χ4n) is 1.81. The molecule has 2 aromatic rings. The summed E-state index contributed by atoms with van der Waals surface area (Å²) in [5.41, 5.74) is 2.96. The zero-order valence-corrected chi connectivity index (χ0v) is 14.2. The van der Waals surface area contributed by atoms with Gasteiger partial charge in [-0.25, -0.2) is 0 Å². The number of hydrogen-bond acceptors (Lipinski definition) is 4. The highest BCUT2D eigenvalue weighted by molar-refractivity contribution is 7.92. The monoisotopic (exact) mass is 329 g/mol. The van der Waals surface area contributed by atoms with Crippen LogP contribution in [0.5, 0.6) is 5.75 Å². The largest absolute Gasteiger partial charge is 0.494 e. The molecule has 0 bridgehead atoms. The van der Waals surface area contributed by atoms with Crippen molar-refractivity contribution >= 4 is 42.1 Å². The zero-order valence-electron chi connectivity index (χ0n) is 12.4. The number of thiol groups is 2. The van der Waals surface area contributed by atoms with Crippen LogP contribution in [0.4, 0.5) is 5.69 Å². The van der Waals surface area contributed by atoms with Crippen molar-refractivity contribution in [1.29, 1.82) is 0 Å². The fraction of sp³-hybridized carbons (Fsp3) is 0.167. The minimum atomic E-state index is 0.744. The maximum Gasteiger partial charge on any atom is 0.119 e. The molecule has 0 aliphatic heterocycles. The highest BCUT2D eigenvalue weighted by atomic mass is 32.1. The Morgan fingerprint density at radius 3 is 2.36 bits per heavy atom. The van der Waals surface area contributed by atoms with Gasteiger partial charge in [-0.15, -0.1) is 12.6 Å². The molecule has 0 fully saturated rings. The van der Waals surface area contributed by atoms with Crippen molar-refractivity contribution < 1.29 is 4.74 Å². The second kappa shape index (κ2) is 8.71. The van der Waals surface area contributed by atoms with Gasteiger partial charge in [0.25, 0.3) is 0 Å². The van der Waals surface area contributed by atoms with Gasteiger partial charge in [0.15, 0.2) is 0 Å². The average Bonchev–Trinajstić information content (AvgIpc) is 2.58. The van der Waals surface area contributed by atoms with Crippen molar-refractivity contribution in [2.45, 2.75) is 13.3 Å². The van der Waals surface area contributed by atoms with Crippen molar-refractivity contribution in [2.24, 2.45) is 4.99 Å². The molecule has 0 atom stereocenters. The molecule has 0 saturated heterocycles. The van der Waals surface area contributed by atoms with E-state index in [2.05, 4.69) is 37.2 Å². The molecule has 0 unspecified atom stereocenters. The standard InChI is InChI=1S/C18H19NOS2/c1-2-11-20-17-9-3-14(4-10-17)12-19-16-7-5-15(6-8-16)18(22)13-21/h3-10,12-13,21-22H,2,11H2,1H3/b18-13-,19-12?. The van der Waals surface area contributed by atoms with E-state index >= 15 is 0 Å². The summed E-state index contributed by atoms with van der Waals surface area (Å²) in [6.45, 7) is 2.84. The van der Waals surface area contributed by atoms with Crippen molar-refractivity contribution in [2.75, 3.05) is 6.61 Å². The smallest absolute Gasteiger partial charge is 0.119 e. The fourth-order valence-corrected chi connectivity index (χ4v) is 2.11. The molecule has 0 N–H and O–H groups in total. The van der Waals surface area contributed by atoms with E-state index in [0.29, 0.717) is 0 Å². The van der Waals surface area contributed by atoms with Gasteiger partial charge in [-0.2, -0.15) is 12.6 Å². The molecule has 0 aliphatic rings. The van der Waals surface area contributed by atoms with Gasteiger partial charge >= 0.3 is 0 Å². The van der Waals surface area contributed by atoms with Gasteiger partial charge in [-0.3, -0.25) is 4.99 Å². The van der Waals surface area contributed by atoms with Crippen molar-refractivity contribution in [3.63, 3.8) is 0 Å². The summed E-state index contributed by atoms with van der Waals surface area (Å²) in [6.07, 6.45) is 2.85. The van der Waals surface area contributed by atoms with E-state index in [1.54, 1.807) is 5.41 Å². The second-order valence-corrected chi connectivity index (χ2v) is 5.48. The molecule has 2 nitrogen and oxygen atoms in total.